The molecule has 0 saturated carbocycles. The Labute approximate surface area is 193 Å². The molecule has 0 heterocycles. The van der Waals surface area contributed by atoms with E-state index in [1.165, 1.54) is 5.56 Å². The lowest BCUT2D eigenvalue weighted by Crippen LogP contribution is -2.49. The minimum absolute atomic E-state index is 0.0640. The monoisotopic (exact) mass is 456 g/mol. The minimum Gasteiger partial charge on any atom is -0.484 e. The van der Waals surface area contributed by atoms with Gasteiger partial charge in [0.05, 0.1) is 0 Å². The molecular weight excluding hydrogens is 428 g/mol. The minimum atomic E-state index is -0.460. The van der Waals surface area contributed by atoms with E-state index in [0.717, 1.165) is 6.42 Å². The number of carbonyl (C=O) groups excluding carboxylic acids is 3. The van der Waals surface area contributed by atoms with Gasteiger partial charge in [0.15, 0.2) is 11.7 Å². The molecule has 0 aliphatic rings. The Morgan fingerprint density at radius 1 is 0.938 bits per heavy atom. The van der Waals surface area contributed by atoms with E-state index in [4.69, 9.17) is 17.0 Å². The highest BCUT2D eigenvalue weighted by molar-refractivity contribution is 7.80. The van der Waals surface area contributed by atoms with Gasteiger partial charge in [0.1, 0.15) is 5.75 Å². The highest BCUT2D eigenvalue weighted by Crippen LogP contribution is 2.12. The fourth-order valence-corrected chi connectivity index (χ4v) is 2.80. The van der Waals surface area contributed by atoms with Crippen molar-refractivity contribution in [3.63, 3.8) is 0 Å². The average molecular weight is 457 g/mol. The number of hydrazine groups is 1. The first-order valence-corrected chi connectivity index (χ1v) is 10.7. The van der Waals surface area contributed by atoms with Crippen LogP contribution in [-0.4, -0.2) is 29.4 Å². The van der Waals surface area contributed by atoms with E-state index < -0.39 is 11.8 Å². The Morgan fingerprint density at radius 2 is 1.59 bits per heavy atom. The summed E-state index contributed by atoms with van der Waals surface area (Å²) in [5.41, 5.74) is 7.00. The molecule has 2 aromatic carbocycles. The van der Waals surface area contributed by atoms with Gasteiger partial charge in [-0.25, -0.2) is 0 Å². The Bertz CT molecular complexity index is 943. The molecule has 0 radical (unpaired) electrons. The number of amides is 3. The van der Waals surface area contributed by atoms with Crippen LogP contribution in [0.2, 0.25) is 0 Å². The molecule has 0 unspecified atom stereocenters. The second-order valence-corrected chi connectivity index (χ2v) is 7.87. The van der Waals surface area contributed by atoms with Crippen molar-refractivity contribution in [2.45, 2.75) is 33.6 Å². The number of carbonyl (C=O) groups is 3. The first kappa shape index (κ1) is 24.8. The number of hydrogen-bond donors (Lipinski definition) is 4. The molecule has 2 aromatic rings. The van der Waals surface area contributed by atoms with Gasteiger partial charge in [-0.15, -0.1) is 0 Å². The van der Waals surface area contributed by atoms with E-state index in [0.29, 0.717) is 23.4 Å². The summed E-state index contributed by atoms with van der Waals surface area (Å²) < 4.78 is 5.41. The lowest BCUT2D eigenvalue weighted by molar-refractivity contribution is -0.121. The molecule has 0 saturated heterocycles. The molecule has 32 heavy (non-hydrogen) atoms. The SMILES string of the molecule is CCc1ccc(OCC(=O)NC(=S)NNC(=O)c2ccc(NC(=O)CC(C)C)cc2)cc1. The Morgan fingerprint density at radius 3 is 2.19 bits per heavy atom. The lowest BCUT2D eigenvalue weighted by atomic mass is 10.1. The van der Waals surface area contributed by atoms with Gasteiger partial charge in [-0.3, -0.25) is 30.6 Å². The molecule has 0 bridgehead atoms. The zero-order valence-electron chi connectivity index (χ0n) is 18.4. The summed E-state index contributed by atoms with van der Waals surface area (Å²) in [7, 11) is 0. The zero-order chi connectivity index (χ0) is 23.5. The van der Waals surface area contributed by atoms with Gasteiger partial charge >= 0.3 is 0 Å². The fraction of sp³-hybridized carbons (Fsp3) is 0.304. The number of benzene rings is 2. The van der Waals surface area contributed by atoms with Gasteiger partial charge in [0.2, 0.25) is 5.91 Å². The predicted molar refractivity (Wildman–Crippen MR) is 127 cm³/mol. The number of hydrogen-bond acceptors (Lipinski definition) is 5. The van der Waals surface area contributed by atoms with E-state index >= 15 is 0 Å². The molecule has 9 heteroatoms. The number of aryl methyl sites for hydroxylation is 1. The number of nitrogens with one attached hydrogen (secondary N) is 4. The summed E-state index contributed by atoms with van der Waals surface area (Å²) in [6.45, 7) is 5.76. The van der Waals surface area contributed by atoms with Crippen LogP contribution in [0.1, 0.15) is 43.1 Å². The highest BCUT2D eigenvalue weighted by atomic mass is 32.1. The summed E-state index contributed by atoms with van der Waals surface area (Å²) in [6, 6.07) is 13.9. The van der Waals surface area contributed by atoms with E-state index in [1.807, 2.05) is 26.0 Å². The molecule has 0 fully saturated rings. The van der Waals surface area contributed by atoms with E-state index in [-0.39, 0.29) is 23.5 Å². The molecule has 2 rings (SSSR count). The number of thiocarbonyl (C=S) groups is 1. The number of anilines is 1. The van der Waals surface area contributed by atoms with Crippen molar-refractivity contribution in [3.05, 3.63) is 59.7 Å². The molecule has 4 N–H and O–H groups in total. The van der Waals surface area contributed by atoms with Crippen LogP contribution in [0, 0.1) is 5.92 Å². The zero-order valence-corrected chi connectivity index (χ0v) is 19.2. The van der Waals surface area contributed by atoms with Gasteiger partial charge in [0.25, 0.3) is 11.8 Å². The quantitative estimate of drug-likeness (QED) is 0.359. The van der Waals surface area contributed by atoms with Crippen molar-refractivity contribution in [3.8, 4) is 5.75 Å². The maximum Gasteiger partial charge on any atom is 0.269 e. The van der Waals surface area contributed by atoms with Crippen LogP contribution in [0.25, 0.3) is 0 Å². The molecule has 0 spiro atoms. The first-order chi connectivity index (χ1) is 15.3. The van der Waals surface area contributed by atoms with Crippen molar-refractivity contribution in [2.75, 3.05) is 11.9 Å². The maximum absolute atomic E-state index is 12.2. The third kappa shape index (κ3) is 8.73. The molecule has 8 nitrogen and oxygen atoms in total. The third-order valence-electron chi connectivity index (χ3n) is 4.27. The van der Waals surface area contributed by atoms with Crippen LogP contribution in [0.3, 0.4) is 0 Å². The fourth-order valence-electron chi connectivity index (χ4n) is 2.64. The predicted octanol–water partition coefficient (Wildman–Crippen LogP) is 2.95. The summed E-state index contributed by atoms with van der Waals surface area (Å²) >= 11 is 5.00. The highest BCUT2D eigenvalue weighted by Gasteiger charge is 2.10. The van der Waals surface area contributed by atoms with E-state index in [9.17, 15) is 14.4 Å². The largest absolute Gasteiger partial charge is 0.484 e. The van der Waals surface area contributed by atoms with Crippen LogP contribution in [-0.2, 0) is 16.0 Å². The third-order valence-corrected chi connectivity index (χ3v) is 4.47. The van der Waals surface area contributed by atoms with Gasteiger partial charge in [-0.05, 0) is 66.5 Å². The van der Waals surface area contributed by atoms with Crippen molar-refractivity contribution >= 4 is 40.7 Å². The van der Waals surface area contributed by atoms with Crippen LogP contribution >= 0.6 is 12.2 Å². The van der Waals surface area contributed by atoms with Crippen molar-refractivity contribution < 1.29 is 19.1 Å². The summed E-state index contributed by atoms with van der Waals surface area (Å²) in [4.78, 5) is 36.0. The first-order valence-electron chi connectivity index (χ1n) is 10.3. The average Bonchev–Trinajstić information content (AvgIpc) is 2.76. The summed E-state index contributed by atoms with van der Waals surface area (Å²) in [5, 5.41) is 5.13. The van der Waals surface area contributed by atoms with Crippen LogP contribution < -0.4 is 26.2 Å². The topological polar surface area (TPSA) is 109 Å². The standard InChI is InChI=1S/C23H28N4O4S/c1-4-16-5-11-19(12-6-16)31-14-21(29)25-23(32)27-26-22(30)17-7-9-18(10-8-17)24-20(28)13-15(2)3/h5-12,15H,4,13-14H2,1-3H3,(H,24,28)(H,26,30)(H2,25,27,29,32). The Balaban J connectivity index is 1.72. The van der Waals surface area contributed by atoms with Crippen molar-refractivity contribution in [1.29, 1.82) is 0 Å². The van der Waals surface area contributed by atoms with Crippen LogP contribution in [0.15, 0.2) is 48.5 Å². The van der Waals surface area contributed by atoms with E-state index in [1.54, 1.807) is 36.4 Å². The lowest BCUT2D eigenvalue weighted by Gasteiger charge is -2.12. The maximum atomic E-state index is 12.2. The second-order valence-electron chi connectivity index (χ2n) is 7.47. The molecule has 3 amide bonds. The summed E-state index contributed by atoms with van der Waals surface area (Å²) in [5.74, 6) is -0.156. The van der Waals surface area contributed by atoms with E-state index in [2.05, 4.69) is 28.4 Å². The van der Waals surface area contributed by atoms with Crippen LogP contribution in [0.5, 0.6) is 5.75 Å². The van der Waals surface area contributed by atoms with Gasteiger partial charge in [-0.2, -0.15) is 0 Å². The molecule has 0 aliphatic heterocycles. The smallest absolute Gasteiger partial charge is 0.269 e. The number of rotatable bonds is 8. The normalized spacial score (nSPS) is 10.2. The van der Waals surface area contributed by atoms with Crippen LogP contribution in [0.4, 0.5) is 5.69 Å². The Hall–Kier alpha value is -3.46. The molecule has 0 atom stereocenters. The van der Waals surface area contributed by atoms with Crippen molar-refractivity contribution in [2.24, 2.45) is 5.92 Å². The molecule has 0 aromatic heterocycles. The molecule has 170 valence electrons. The second kappa shape index (κ2) is 12.4. The Kier molecular flexibility index (Phi) is 9.62. The molecular formula is C23H28N4O4S. The van der Waals surface area contributed by atoms with Gasteiger partial charge in [-0.1, -0.05) is 32.9 Å². The molecule has 0 aliphatic carbocycles. The van der Waals surface area contributed by atoms with Crippen molar-refractivity contribution in [1.82, 2.24) is 16.2 Å². The summed E-state index contributed by atoms with van der Waals surface area (Å²) in [6.07, 6.45) is 1.34. The number of ether oxygens (including phenoxy) is 1. The van der Waals surface area contributed by atoms with Gasteiger partial charge < -0.3 is 10.1 Å². The van der Waals surface area contributed by atoms with Gasteiger partial charge in [0, 0.05) is 17.7 Å².